The maximum absolute atomic E-state index is 13.4. The molecule has 3 rings (SSSR count). The molecule has 0 saturated heterocycles. The summed E-state index contributed by atoms with van der Waals surface area (Å²) in [5.74, 6) is -1.19. The van der Waals surface area contributed by atoms with Crippen LogP contribution < -0.4 is 15.4 Å². The highest BCUT2D eigenvalue weighted by Gasteiger charge is 2.30. The molecule has 0 radical (unpaired) electrons. The van der Waals surface area contributed by atoms with Gasteiger partial charge in [-0.2, -0.15) is 0 Å². The first-order valence-corrected chi connectivity index (χ1v) is 8.01. The Balaban J connectivity index is 1.71. The molecule has 0 aliphatic carbocycles. The summed E-state index contributed by atoms with van der Waals surface area (Å²) in [6, 6.07) is 7.58. The van der Waals surface area contributed by atoms with Crippen LogP contribution in [0.4, 0.5) is 10.1 Å². The highest BCUT2D eigenvalue weighted by atomic mass is 19.1. The van der Waals surface area contributed by atoms with Gasteiger partial charge in [0.05, 0.1) is 12.5 Å². The highest BCUT2D eigenvalue weighted by molar-refractivity contribution is 6.01. The first-order chi connectivity index (χ1) is 12.1. The number of nitrogens with one attached hydrogen (secondary N) is 2. The van der Waals surface area contributed by atoms with Crippen molar-refractivity contribution in [2.24, 2.45) is 0 Å². The fourth-order valence-electron chi connectivity index (χ4n) is 2.77. The third-order valence-corrected chi connectivity index (χ3v) is 3.93. The lowest BCUT2D eigenvalue weighted by Crippen LogP contribution is -2.34. The van der Waals surface area contributed by atoms with Crippen molar-refractivity contribution in [2.45, 2.75) is 25.8 Å². The van der Waals surface area contributed by atoms with Gasteiger partial charge in [-0.05, 0) is 36.2 Å². The second-order valence-corrected chi connectivity index (χ2v) is 5.69. The smallest absolute Gasteiger partial charge is 0.228 e. The third-order valence-electron chi connectivity index (χ3n) is 3.93. The zero-order chi connectivity index (χ0) is 17.8. The summed E-state index contributed by atoms with van der Waals surface area (Å²) in [6.45, 7) is 2.66. The number of ether oxygens (including phenoxy) is 1. The number of halogens is 1. The van der Waals surface area contributed by atoms with Crippen molar-refractivity contribution in [1.29, 1.82) is 0 Å². The maximum Gasteiger partial charge on any atom is 0.228 e. The minimum absolute atomic E-state index is 0.0327. The maximum atomic E-state index is 13.4. The first kappa shape index (κ1) is 16.9. The summed E-state index contributed by atoms with van der Waals surface area (Å²) in [7, 11) is 0. The fraction of sp³-hybridized carbons (Fsp3) is 0.278. The number of amides is 2. The molecule has 1 aromatic heterocycles. The molecule has 1 atom stereocenters. The van der Waals surface area contributed by atoms with Crippen molar-refractivity contribution in [3.63, 3.8) is 0 Å². The summed E-state index contributed by atoms with van der Waals surface area (Å²) < 4.78 is 18.7. The van der Waals surface area contributed by atoms with Crippen molar-refractivity contribution < 1.29 is 18.7 Å². The molecule has 130 valence electrons. The number of anilines is 1. The molecule has 0 bridgehead atoms. The molecule has 1 unspecified atom stereocenters. The van der Waals surface area contributed by atoms with E-state index in [4.69, 9.17) is 4.74 Å². The predicted octanol–water partition coefficient (Wildman–Crippen LogP) is 2.36. The second-order valence-electron chi connectivity index (χ2n) is 5.69. The number of carbonyl (C=O) groups is 2. The number of fused-ring (bicyclic) bond motifs is 1. The van der Waals surface area contributed by atoms with Crippen molar-refractivity contribution in [1.82, 2.24) is 10.3 Å². The molecule has 0 fully saturated rings. The Morgan fingerprint density at radius 1 is 1.40 bits per heavy atom. The Kier molecular flexibility index (Phi) is 4.92. The van der Waals surface area contributed by atoms with E-state index in [1.807, 2.05) is 6.92 Å². The van der Waals surface area contributed by atoms with Crippen LogP contribution in [0.3, 0.4) is 0 Å². The minimum Gasteiger partial charge on any atom is -0.478 e. The van der Waals surface area contributed by atoms with Gasteiger partial charge in [-0.3, -0.25) is 9.59 Å². The van der Waals surface area contributed by atoms with Crippen LogP contribution in [0.2, 0.25) is 0 Å². The van der Waals surface area contributed by atoms with Crippen LogP contribution in [0, 0.1) is 5.82 Å². The van der Waals surface area contributed by atoms with Gasteiger partial charge in [-0.25, -0.2) is 9.37 Å². The van der Waals surface area contributed by atoms with Crippen LogP contribution in [-0.4, -0.2) is 23.4 Å². The first-order valence-electron chi connectivity index (χ1n) is 8.01. The van der Waals surface area contributed by atoms with Gasteiger partial charge in [0.2, 0.25) is 17.7 Å². The number of aromatic nitrogens is 1. The minimum atomic E-state index is -0.641. The van der Waals surface area contributed by atoms with Crippen LogP contribution in [-0.2, 0) is 16.1 Å². The average Bonchev–Trinajstić information content (AvgIpc) is 2.59. The lowest BCUT2D eigenvalue weighted by molar-refractivity contribution is -0.126. The van der Waals surface area contributed by atoms with E-state index in [9.17, 15) is 14.0 Å². The largest absolute Gasteiger partial charge is 0.478 e. The summed E-state index contributed by atoms with van der Waals surface area (Å²) in [4.78, 5) is 28.4. The molecule has 7 heteroatoms. The van der Waals surface area contributed by atoms with Gasteiger partial charge in [0.15, 0.2) is 0 Å². The zero-order valence-electron chi connectivity index (χ0n) is 13.7. The summed E-state index contributed by atoms with van der Waals surface area (Å²) in [5, 5.41) is 5.42. The van der Waals surface area contributed by atoms with Crippen molar-refractivity contribution >= 4 is 17.5 Å². The third kappa shape index (κ3) is 3.93. The standard InChI is InChI=1S/C18H18FN3O3/c1-2-25-17-7-11(5-6-20-17)10-21-18(24)14-9-16(23)22-15-8-12(19)3-4-13(14)15/h3-8,14H,2,9-10H2,1H3,(H,21,24)(H,22,23). The van der Waals surface area contributed by atoms with E-state index in [1.54, 1.807) is 18.3 Å². The number of benzene rings is 1. The monoisotopic (exact) mass is 343 g/mol. The Morgan fingerprint density at radius 3 is 3.04 bits per heavy atom. The summed E-state index contributed by atoms with van der Waals surface area (Å²) >= 11 is 0. The number of pyridine rings is 1. The van der Waals surface area contributed by atoms with Gasteiger partial charge >= 0.3 is 0 Å². The normalized spacial score (nSPS) is 15.9. The SMILES string of the molecule is CCOc1cc(CNC(=O)C2CC(=O)Nc3cc(F)ccc32)ccn1. The topological polar surface area (TPSA) is 80.3 Å². The second kappa shape index (κ2) is 7.29. The Hall–Kier alpha value is -2.96. The highest BCUT2D eigenvalue weighted by Crippen LogP contribution is 2.32. The van der Waals surface area contributed by atoms with E-state index in [-0.39, 0.29) is 24.8 Å². The van der Waals surface area contributed by atoms with Crippen LogP contribution >= 0.6 is 0 Å². The summed E-state index contributed by atoms with van der Waals surface area (Å²) in [5.41, 5.74) is 1.80. The fourth-order valence-corrected chi connectivity index (χ4v) is 2.77. The molecular formula is C18H18FN3O3. The molecule has 1 aliphatic heterocycles. The van der Waals surface area contributed by atoms with E-state index >= 15 is 0 Å². The molecule has 2 heterocycles. The van der Waals surface area contributed by atoms with Crippen LogP contribution in [0.15, 0.2) is 36.5 Å². The molecule has 0 spiro atoms. The van der Waals surface area contributed by atoms with Gasteiger partial charge in [0.25, 0.3) is 0 Å². The lowest BCUT2D eigenvalue weighted by Gasteiger charge is -2.25. The number of rotatable bonds is 5. The van der Waals surface area contributed by atoms with Crippen LogP contribution in [0.25, 0.3) is 0 Å². The van der Waals surface area contributed by atoms with Crippen molar-refractivity contribution in [3.8, 4) is 5.88 Å². The molecule has 0 saturated carbocycles. The number of hydrogen-bond acceptors (Lipinski definition) is 4. The quantitative estimate of drug-likeness (QED) is 0.873. The van der Waals surface area contributed by atoms with E-state index in [0.29, 0.717) is 23.7 Å². The van der Waals surface area contributed by atoms with Crippen molar-refractivity contribution in [3.05, 3.63) is 53.5 Å². The number of nitrogens with zero attached hydrogens (tertiary/aromatic N) is 1. The lowest BCUT2D eigenvalue weighted by atomic mass is 9.89. The van der Waals surface area contributed by atoms with Crippen molar-refractivity contribution in [2.75, 3.05) is 11.9 Å². The van der Waals surface area contributed by atoms with Crippen LogP contribution in [0.5, 0.6) is 5.88 Å². The number of hydrogen-bond donors (Lipinski definition) is 2. The molecular weight excluding hydrogens is 325 g/mol. The Morgan fingerprint density at radius 2 is 2.24 bits per heavy atom. The van der Waals surface area contributed by atoms with E-state index < -0.39 is 11.7 Å². The number of carbonyl (C=O) groups excluding carboxylic acids is 2. The van der Waals surface area contributed by atoms with Gasteiger partial charge in [-0.15, -0.1) is 0 Å². The Labute approximate surface area is 144 Å². The van der Waals surface area contributed by atoms with Gasteiger partial charge < -0.3 is 15.4 Å². The van der Waals surface area contributed by atoms with E-state index in [1.165, 1.54) is 18.2 Å². The van der Waals surface area contributed by atoms with E-state index in [2.05, 4.69) is 15.6 Å². The molecule has 1 aromatic carbocycles. The van der Waals surface area contributed by atoms with E-state index in [0.717, 1.165) is 5.56 Å². The molecule has 25 heavy (non-hydrogen) atoms. The zero-order valence-corrected chi connectivity index (χ0v) is 13.7. The molecule has 2 amide bonds. The van der Waals surface area contributed by atoms with Crippen LogP contribution in [0.1, 0.15) is 30.4 Å². The Bertz CT molecular complexity index is 810. The molecule has 6 nitrogen and oxygen atoms in total. The molecule has 2 N–H and O–H groups in total. The van der Waals surface area contributed by atoms with Gasteiger partial charge in [-0.1, -0.05) is 6.07 Å². The van der Waals surface area contributed by atoms with Gasteiger partial charge in [0, 0.05) is 30.9 Å². The molecule has 1 aliphatic rings. The predicted molar refractivity (Wildman–Crippen MR) is 89.6 cm³/mol. The average molecular weight is 343 g/mol. The van der Waals surface area contributed by atoms with Gasteiger partial charge in [0.1, 0.15) is 5.82 Å². The molecule has 2 aromatic rings. The summed E-state index contributed by atoms with van der Waals surface area (Å²) in [6.07, 6.45) is 1.64.